The van der Waals surface area contributed by atoms with E-state index in [1.54, 1.807) is 29.2 Å². The molecule has 8 nitrogen and oxygen atoms in total. The van der Waals surface area contributed by atoms with Gasteiger partial charge in [0.05, 0.1) is 17.7 Å². The highest BCUT2D eigenvalue weighted by Gasteiger charge is 2.16. The van der Waals surface area contributed by atoms with E-state index < -0.39 is 15.8 Å². The second-order valence-corrected chi connectivity index (χ2v) is 8.93. The molecule has 1 N–H and O–H groups in total. The highest BCUT2D eigenvalue weighted by atomic mass is 32.2. The minimum absolute atomic E-state index is 0.00870. The SMILES string of the molecule is COc1cc(-c2ccc(Oc3ccc(S(=O)(=O)Nc4nccs4)cc3)c(F)c2)n(C)n1. The highest BCUT2D eigenvalue weighted by Crippen LogP contribution is 2.31. The van der Waals surface area contributed by atoms with Crippen molar-refractivity contribution in [2.24, 2.45) is 7.05 Å². The van der Waals surface area contributed by atoms with Crippen LogP contribution in [-0.4, -0.2) is 30.3 Å². The second kappa shape index (κ2) is 8.36. The quantitative estimate of drug-likeness (QED) is 0.442. The topological polar surface area (TPSA) is 95.3 Å². The molecule has 0 amide bonds. The zero-order valence-electron chi connectivity index (χ0n) is 16.4. The molecule has 4 aromatic rings. The van der Waals surface area contributed by atoms with E-state index in [1.165, 1.54) is 61.0 Å². The van der Waals surface area contributed by atoms with Crippen LogP contribution < -0.4 is 14.2 Å². The van der Waals surface area contributed by atoms with Gasteiger partial charge in [-0.1, -0.05) is 0 Å². The fourth-order valence-corrected chi connectivity index (χ4v) is 4.60. The zero-order valence-corrected chi connectivity index (χ0v) is 18.1. The Balaban J connectivity index is 1.51. The van der Waals surface area contributed by atoms with Crippen LogP contribution in [0.3, 0.4) is 0 Å². The fourth-order valence-electron chi connectivity index (χ4n) is 2.82. The molecule has 2 heterocycles. The Morgan fingerprint density at radius 2 is 1.90 bits per heavy atom. The van der Waals surface area contributed by atoms with Crippen molar-refractivity contribution in [3.05, 3.63) is 65.9 Å². The fraction of sp³-hybridized carbons (Fsp3) is 0.100. The van der Waals surface area contributed by atoms with Crippen LogP contribution in [0, 0.1) is 5.82 Å². The molecule has 31 heavy (non-hydrogen) atoms. The van der Waals surface area contributed by atoms with Crippen molar-refractivity contribution in [2.75, 3.05) is 11.8 Å². The summed E-state index contributed by atoms with van der Waals surface area (Å²) in [5.41, 5.74) is 1.29. The second-order valence-electron chi connectivity index (χ2n) is 6.36. The normalized spacial score (nSPS) is 11.3. The van der Waals surface area contributed by atoms with Gasteiger partial charge in [-0.15, -0.1) is 16.4 Å². The smallest absolute Gasteiger partial charge is 0.263 e. The van der Waals surface area contributed by atoms with Gasteiger partial charge >= 0.3 is 0 Å². The number of benzene rings is 2. The molecule has 0 unspecified atom stereocenters. The number of nitrogens with zero attached hydrogens (tertiary/aromatic N) is 3. The van der Waals surface area contributed by atoms with Gasteiger partial charge in [-0.3, -0.25) is 9.40 Å². The van der Waals surface area contributed by atoms with E-state index in [0.717, 1.165) is 0 Å². The van der Waals surface area contributed by atoms with E-state index in [1.807, 2.05) is 0 Å². The molecule has 4 rings (SSSR count). The molecule has 0 aliphatic heterocycles. The van der Waals surface area contributed by atoms with Crippen molar-refractivity contribution in [3.63, 3.8) is 0 Å². The zero-order chi connectivity index (χ0) is 22.0. The summed E-state index contributed by atoms with van der Waals surface area (Å²) >= 11 is 1.17. The third-order valence-electron chi connectivity index (χ3n) is 4.31. The van der Waals surface area contributed by atoms with Gasteiger partial charge in [0, 0.05) is 30.3 Å². The number of hydrogen-bond donors (Lipinski definition) is 1. The monoisotopic (exact) mass is 460 g/mol. The maximum Gasteiger partial charge on any atom is 0.263 e. The summed E-state index contributed by atoms with van der Waals surface area (Å²) in [6, 6.07) is 11.9. The average molecular weight is 461 g/mol. The van der Waals surface area contributed by atoms with Gasteiger partial charge in [0.15, 0.2) is 16.7 Å². The molecule has 2 aromatic heterocycles. The number of hydrogen-bond acceptors (Lipinski definition) is 7. The number of rotatable bonds is 7. The molecule has 0 aliphatic carbocycles. The van der Waals surface area contributed by atoms with Gasteiger partial charge in [-0.2, -0.15) is 0 Å². The summed E-state index contributed by atoms with van der Waals surface area (Å²) < 4.78 is 54.0. The number of aryl methyl sites for hydroxylation is 1. The van der Waals surface area contributed by atoms with Gasteiger partial charge < -0.3 is 9.47 Å². The van der Waals surface area contributed by atoms with Gasteiger partial charge in [-0.05, 0) is 42.5 Å². The number of aromatic nitrogens is 3. The summed E-state index contributed by atoms with van der Waals surface area (Å²) in [5.74, 6) is 0.161. The first-order valence-electron chi connectivity index (χ1n) is 8.94. The van der Waals surface area contributed by atoms with Crippen molar-refractivity contribution in [1.82, 2.24) is 14.8 Å². The Bertz CT molecular complexity index is 1300. The maximum absolute atomic E-state index is 14.6. The van der Waals surface area contributed by atoms with Crippen LogP contribution in [0.1, 0.15) is 0 Å². The lowest BCUT2D eigenvalue weighted by Crippen LogP contribution is -2.12. The Labute approximate surface area is 182 Å². The minimum atomic E-state index is -3.77. The lowest BCUT2D eigenvalue weighted by molar-refractivity contribution is 0.392. The van der Waals surface area contributed by atoms with Crippen LogP contribution in [0.2, 0.25) is 0 Å². The van der Waals surface area contributed by atoms with Crippen LogP contribution in [0.5, 0.6) is 17.4 Å². The molecule has 0 bridgehead atoms. The number of ether oxygens (including phenoxy) is 2. The maximum atomic E-state index is 14.6. The van der Waals surface area contributed by atoms with Gasteiger partial charge in [-0.25, -0.2) is 17.8 Å². The predicted molar refractivity (Wildman–Crippen MR) is 115 cm³/mol. The minimum Gasteiger partial charge on any atom is -0.480 e. The lowest BCUT2D eigenvalue weighted by Gasteiger charge is -2.10. The van der Waals surface area contributed by atoms with Crippen molar-refractivity contribution < 1.29 is 22.3 Å². The van der Waals surface area contributed by atoms with E-state index in [2.05, 4.69) is 14.8 Å². The van der Waals surface area contributed by atoms with Crippen LogP contribution in [0.25, 0.3) is 11.3 Å². The highest BCUT2D eigenvalue weighted by molar-refractivity contribution is 7.93. The van der Waals surface area contributed by atoms with Gasteiger partial charge in [0.1, 0.15) is 5.75 Å². The Hall–Kier alpha value is -3.44. The molecule has 0 saturated heterocycles. The molecule has 0 atom stereocenters. The van der Waals surface area contributed by atoms with E-state index in [9.17, 15) is 12.8 Å². The molecule has 0 spiro atoms. The Morgan fingerprint density at radius 1 is 1.13 bits per heavy atom. The molecular weight excluding hydrogens is 443 g/mol. The molecular formula is C20H17FN4O4S2. The Morgan fingerprint density at radius 3 is 2.52 bits per heavy atom. The number of thiazole rings is 1. The van der Waals surface area contributed by atoms with Crippen molar-refractivity contribution in [2.45, 2.75) is 4.90 Å². The number of methoxy groups -OCH3 is 1. The van der Waals surface area contributed by atoms with Gasteiger partial charge in [0.25, 0.3) is 10.0 Å². The summed E-state index contributed by atoms with van der Waals surface area (Å²) in [4.78, 5) is 3.94. The summed E-state index contributed by atoms with van der Waals surface area (Å²) in [5, 5.41) is 6.10. The van der Waals surface area contributed by atoms with E-state index in [0.29, 0.717) is 22.9 Å². The molecule has 2 aromatic carbocycles. The predicted octanol–water partition coefficient (Wildman–Crippen LogP) is 4.28. The Kier molecular flexibility index (Phi) is 5.61. The third-order valence-corrected chi connectivity index (χ3v) is 6.48. The molecule has 0 radical (unpaired) electrons. The van der Waals surface area contributed by atoms with Crippen LogP contribution in [-0.2, 0) is 17.1 Å². The number of halogens is 1. The van der Waals surface area contributed by atoms with Crippen molar-refractivity contribution >= 4 is 26.5 Å². The lowest BCUT2D eigenvalue weighted by atomic mass is 10.1. The third kappa shape index (κ3) is 4.52. The number of anilines is 1. The van der Waals surface area contributed by atoms with E-state index >= 15 is 0 Å². The molecule has 160 valence electrons. The molecule has 11 heteroatoms. The van der Waals surface area contributed by atoms with Gasteiger partial charge in [0.2, 0.25) is 5.88 Å². The standard InChI is InChI=1S/C20H17FN4O4S2/c1-25-17(12-19(23-25)28-2)13-3-8-18(16(21)11-13)29-14-4-6-15(7-5-14)31(26,27)24-20-22-9-10-30-20/h3-12H,1-2H3,(H,22,24). The first kappa shape index (κ1) is 20.8. The number of sulfonamides is 1. The first-order valence-corrected chi connectivity index (χ1v) is 11.3. The largest absolute Gasteiger partial charge is 0.480 e. The van der Waals surface area contributed by atoms with Crippen LogP contribution >= 0.6 is 11.3 Å². The molecule has 0 saturated carbocycles. The van der Waals surface area contributed by atoms with E-state index in [4.69, 9.17) is 9.47 Å². The summed E-state index contributed by atoms with van der Waals surface area (Å²) in [6.07, 6.45) is 1.50. The van der Waals surface area contributed by atoms with E-state index in [-0.39, 0.29) is 15.8 Å². The average Bonchev–Trinajstić information content (AvgIpc) is 3.39. The van der Waals surface area contributed by atoms with Crippen LogP contribution in [0.4, 0.5) is 9.52 Å². The van der Waals surface area contributed by atoms with Crippen LogP contribution in [0.15, 0.2) is 65.0 Å². The molecule has 0 aliphatic rings. The summed E-state index contributed by atoms with van der Waals surface area (Å²) in [7, 11) is -0.527. The van der Waals surface area contributed by atoms with Crippen molar-refractivity contribution in [3.8, 4) is 28.6 Å². The summed E-state index contributed by atoms with van der Waals surface area (Å²) in [6.45, 7) is 0. The molecule has 0 fully saturated rings. The number of nitrogens with one attached hydrogen (secondary N) is 1. The van der Waals surface area contributed by atoms with Crippen molar-refractivity contribution in [1.29, 1.82) is 0 Å². The first-order chi connectivity index (χ1) is 14.9.